The maximum absolute atomic E-state index is 12.5. The minimum absolute atomic E-state index is 0.0359. The maximum atomic E-state index is 12.5. The molecule has 0 unspecified atom stereocenters. The van der Waals surface area contributed by atoms with Crippen LogP contribution in [0.2, 0.25) is 5.02 Å². The summed E-state index contributed by atoms with van der Waals surface area (Å²) in [5.74, 6) is 0.321. The Balaban J connectivity index is 2.03. The molecular weight excluding hydrogens is 340 g/mol. The molecule has 7 heteroatoms. The van der Waals surface area contributed by atoms with Crippen LogP contribution in [0.3, 0.4) is 0 Å². The molecule has 4 nitrogen and oxygen atoms in total. The third-order valence-electron chi connectivity index (χ3n) is 3.08. The number of aromatic nitrogens is 2. The summed E-state index contributed by atoms with van der Waals surface area (Å²) < 4.78 is 29.2. The Kier molecular flexibility index (Phi) is 3.99. The molecule has 0 saturated heterocycles. The highest BCUT2D eigenvalue weighted by molar-refractivity contribution is 7.93. The van der Waals surface area contributed by atoms with Gasteiger partial charge in [0.1, 0.15) is 0 Å². The Bertz CT molecular complexity index is 919. The summed E-state index contributed by atoms with van der Waals surface area (Å²) in [7, 11) is -3.65. The topological polar surface area (TPSA) is 59.9 Å². The molecule has 0 radical (unpaired) electrons. The highest BCUT2D eigenvalue weighted by atomic mass is 35.5. The molecule has 0 aliphatic heterocycles. The predicted molar refractivity (Wildman–Crippen MR) is 87.0 cm³/mol. The van der Waals surface area contributed by atoms with Gasteiger partial charge in [-0.2, -0.15) is 4.37 Å². The van der Waals surface area contributed by atoms with E-state index in [1.54, 1.807) is 48.5 Å². The molecule has 0 atom stereocenters. The first-order valence-electron chi connectivity index (χ1n) is 6.39. The van der Waals surface area contributed by atoms with E-state index < -0.39 is 9.84 Å². The lowest BCUT2D eigenvalue weighted by Crippen LogP contribution is -2.01. The van der Waals surface area contributed by atoms with Crippen molar-refractivity contribution in [3.63, 3.8) is 0 Å². The van der Waals surface area contributed by atoms with Gasteiger partial charge < -0.3 is 0 Å². The lowest BCUT2D eigenvalue weighted by Gasteiger charge is -2.01. The van der Waals surface area contributed by atoms with Crippen LogP contribution in [-0.2, 0) is 9.84 Å². The third-order valence-corrected chi connectivity index (χ3v) is 6.25. The highest BCUT2D eigenvalue weighted by Crippen LogP contribution is 2.29. The molecule has 0 fully saturated rings. The van der Waals surface area contributed by atoms with Crippen LogP contribution in [-0.4, -0.2) is 17.8 Å². The quantitative estimate of drug-likeness (QED) is 0.716. The van der Waals surface area contributed by atoms with Gasteiger partial charge in [0.25, 0.3) is 0 Å². The fourth-order valence-electron chi connectivity index (χ4n) is 1.89. The number of hydrogen-bond acceptors (Lipinski definition) is 5. The molecule has 0 aliphatic carbocycles. The Labute approximate surface area is 137 Å². The van der Waals surface area contributed by atoms with Gasteiger partial charge in [0.05, 0.1) is 9.92 Å². The largest absolute Gasteiger partial charge is 0.235 e. The monoisotopic (exact) mass is 350 g/mol. The summed E-state index contributed by atoms with van der Waals surface area (Å²) >= 11 is 6.94. The minimum atomic E-state index is -3.65. The van der Waals surface area contributed by atoms with Crippen LogP contribution in [0.25, 0.3) is 11.4 Å². The number of halogens is 1. The fourth-order valence-corrected chi connectivity index (χ4v) is 4.24. The van der Waals surface area contributed by atoms with Crippen LogP contribution in [0.4, 0.5) is 0 Å². The molecule has 0 aliphatic rings. The van der Waals surface area contributed by atoms with Gasteiger partial charge in [-0.1, -0.05) is 41.4 Å². The number of nitrogens with zero attached hydrogens (tertiary/aromatic N) is 2. The van der Waals surface area contributed by atoms with Gasteiger partial charge in [0.15, 0.2) is 5.82 Å². The van der Waals surface area contributed by atoms with E-state index in [0.29, 0.717) is 16.4 Å². The first-order valence-corrected chi connectivity index (χ1v) is 9.02. The SMILES string of the molecule is Cc1ccc(S(=O)(=O)c2nc(-c3ccccc3Cl)ns2)cc1. The fraction of sp³-hybridized carbons (Fsp3) is 0.0667. The molecule has 0 N–H and O–H groups in total. The molecule has 3 rings (SSSR count). The van der Waals surface area contributed by atoms with Crippen molar-refractivity contribution >= 4 is 33.0 Å². The van der Waals surface area contributed by atoms with Crippen LogP contribution >= 0.6 is 23.1 Å². The van der Waals surface area contributed by atoms with Gasteiger partial charge in [0.2, 0.25) is 14.2 Å². The number of aryl methyl sites for hydroxylation is 1. The molecule has 3 aromatic rings. The number of sulfone groups is 1. The molecule has 0 spiro atoms. The van der Waals surface area contributed by atoms with E-state index in [1.165, 1.54) is 0 Å². The zero-order chi connectivity index (χ0) is 15.7. The summed E-state index contributed by atoms with van der Waals surface area (Å²) in [5, 5.41) is 0.486. The molecule has 1 aromatic heterocycles. The van der Waals surface area contributed by atoms with Gasteiger partial charge in [-0.25, -0.2) is 13.4 Å². The second-order valence-corrected chi connectivity index (χ2v) is 7.96. The van der Waals surface area contributed by atoms with Crippen LogP contribution in [0.1, 0.15) is 5.56 Å². The van der Waals surface area contributed by atoms with E-state index in [-0.39, 0.29) is 9.24 Å². The standard InChI is InChI=1S/C15H11ClN2O2S2/c1-10-6-8-11(9-7-10)22(19,20)15-17-14(18-21-15)12-4-2-3-5-13(12)16/h2-9H,1H3. The summed E-state index contributed by atoms with van der Waals surface area (Å²) in [6.45, 7) is 1.90. The molecule has 0 amide bonds. The third kappa shape index (κ3) is 2.77. The molecule has 2 aromatic carbocycles. The molecule has 112 valence electrons. The Morgan fingerprint density at radius 1 is 1.05 bits per heavy atom. The summed E-state index contributed by atoms with van der Waals surface area (Å²) in [6, 6.07) is 13.7. The highest BCUT2D eigenvalue weighted by Gasteiger charge is 2.23. The summed E-state index contributed by atoms with van der Waals surface area (Å²) in [5.41, 5.74) is 1.61. The Morgan fingerprint density at radius 2 is 1.73 bits per heavy atom. The Morgan fingerprint density at radius 3 is 2.41 bits per heavy atom. The van der Waals surface area contributed by atoms with E-state index in [9.17, 15) is 8.42 Å². The predicted octanol–water partition coefficient (Wildman–Crippen LogP) is 4.00. The van der Waals surface area contributed by atoms with E-state index in [1.807, 2.05) is 6.92 Å². The van der Waals surface area contributed by atoms with Crippen molar-refractivity contribution < 1.29 is 8.42 Å². The van der Waals surface area contributed by atoms with E-state index >= 15 is 0 Å². The van der Waals surface area contributed by atoms with Crippen LogP contribution in [0.15, 0.2) is 57.8 Å². The molecular formula is C15H11ClN2O2S2. The van der Waals surface area contributed by atoms with E-state index in [0.717, 1.165) is 17.1 Å². The molecule has 0 bridgehead atoms. The van der Waals surface area contributed by atoms with Crippen molar-refractivity contribution in [2.75, 3.05) is 0 Å². The van der Waals surface area contributed by atoms with Crippen LogP contribution in [0, 0.1) is 6.92 Å². The number of hydrogen-bond donors (Lipinski definition) is 0. The zero-order valence-electron chi connectivity index (χ0n) is 11.5. The van der Waals surface area contributed by atoms with Crippen LogP contribution in [0.5, 0.6) is 0 Å². The Hall–Kier alpha value is -1.76. The first-order chi connectivity index (χ1) is 10.5. The molecule has 22 heavy (non-hydrogen) atoms. The second kappa shape index (κ2) is 5.79. The van der Waals surface area contributed by atoms with E-state index in [4.69, 9.17) is 11.6 Å². The van der Waals surface area contributed by atoms with Crippen molar-refractivity contribution in [2.45, 2.75) is 16.2 Å². The van der Waals surface area contributed by atoms with Gasteiger partial charge in [-0.3, -0.25) is 0 Å². The van der Waals surface area contributed by atoms with Gasteiger partial charge in [-0.15, -0.1) is 0 Å². The lowest BCUT2D eigenvalue weighted by atomic mass is 10.2. The normalized spacial score (nSPS) is 11.5. The van der Waals surface area contributed by atoms with Crippen molar-refractivity contribution in [3.05, 3.63) is 59.1 Å². The summed E-state index contributed by atoms with van der Waals surface area (Å²) in [4.78, 5) is 4.36. The average Bonchev–Trinajstić information content (AvgIpc) is 2.98. The van der Waals surface area contributed by atoms with Crippen molar-refractivity contribution in [3.8, 4) is 11.4 Å². The van der Waals surface area contributed by atoms with Crippen molar-refractivity contribution in [1.29, 1.82) is 0 Å². The maximum Gasteiger partial charge on any atom is 0.235 e. The van der Waals surface area contributed by atoms with Crippen LogP contribution < -0.4 is 0 Å². The molecule has 0 saturated carbocycles. The zero-order valence-corrected chi connectivity index (χ0v) is 13.9. The van der Waals surface area contributed by atoms with Gasteiger partial charge >= 0.3 is 0 Å². The van der Waals surface area contributed by atoms with E-state index in [2.05, 4.69) is 9.36 Å². The lowest BCUT2D eigenvalue weighted by molar-refractivity contribution is 0.595. The number of rotatable bonds is 3. The van der Waals surface area contributed by atoms with Crippen molar-refractivity contribution in [1.82, 2.24) is 9.36 Å². The smallest absolute Gasteiger partial charge is 0.216 e. The minimum Gasteiger partial charge on any atom is -0.216 e. The molecule has 1 heterocycles. The van der Waals surface area contributed by atoms with Gasteiger partial charge in [-0.05, 0) is 42.7 Å². The second-order valence-electron chi connectivity index (χ2n) is 4.68. The number of benzene rings is 2. The van der Waals surface area contributed by atoms with Crippen molar-refractivity contribution in [2.24, 2.45) is 0 Å². The first kappa shape index (κ1) is 15.1. The average molecular weight is 351 g/mol. The summed E-state index contributed by atoms with van der Waals surface area (Å²) in [6.07, 6.45) is 0. The van der Waals surface area contributed by atoms with Gasteiger partial charge in [0, 0.05) is 5.56 Å².